The molecule has 0 unspecified atom stereocenters. The largest absolute Gasteiger partial charge is 0.493 e. The van der Waals surface area contributed by atoms with Gasteiger partial charge in [-0.15, -0.1) is 0 Å². The molecule has 0 saturated heterocycles. The molecule has 128 valence electrons. The Hall–Kier alpha value is -3.16. The number of methoxy groups -OCH3 is 3. The Balaban J connectivity index is 2.22. The average Bonchev–Trinajstić information content (AvgIpc) is 3.01. The van der Waals surface area contributed by atoms with Crippen molar-refractivity contribution < 1.29 is 28.2 Å². The van der Waals surface area contributed by atoms with Gasteiger partial charge in [0.15, 0.2) is 23.1 Å². The zero-order valence-electron chi connectivity index (χ0n) is 13.8. The van der Waals surface area contributed by atoms with Gasteiger partial charge >= 0.3 is 0 Å². The Kier molecular flexibility index (Phi) is 5.31. The summed E-state index contributed by atoms with van der Waals surface area (Å²) in [6.45, 7) is 1.35. The number of hydrogen-bond donors (Lipinski definition) is 2. The lowest BCUT2D eigenvalue weighted by Crippen LogP contribution is -2.11. The fourth-order valence-corrected chi connectivity index (χ4v) is 2.05. The Morgan fingerprint density at radius 1 is 0.958 bits per heavy atom. The first-order valence-corrected chi connectivity index (χ1v) is 6.97. The highest BCUT2D eigenvalue weighted by Gasteiger charge is 2.17. The Labute approximate surface area is 138 Å². The predicted molar refractivity (Wildman–Crippen MR) is 87.1 cm³/mol. The average molecular weight is 334 g/mol. The summed E-state index contributed by atoms with van der Waals surface area (Å²) in [5.41, 5.74) is 0.437. The van der Waals surface area contributed by atoms with E-state index < -0.39 is 5.91 Å². The van der Waals surface area contributed by atoms with Crippen molar-refractivity contribution in [3.05, 3.63) is 30.0 Å². The van der Waals surface area contributed by atoms with Crippen molar-refractivity contribution >= 4 is 23.4 Å². The molecule has 8 nitrogen and oxygen atoms in total. The van der Waals surface area contributed by atoms with Crippen molar-refractivity contribution in [2.45, 2.75) is 6.92 Å². The fraction of sp³-hybridized carbons (Fsp3) is 0.250. The summed E-state index contributed by atoms with van der Waals surface area (Å²) in [6, 6.07) is 6.14. The second-order valence-corrected chi connectivity index (χ2v) is 4.71. The number of carbonyl (C=O) groups is 2. The summed E-state index contributed by atoms with van der Waals surface area (Å²) >= 11 is 0. The van der Waals surface area contributed by atoms with Crippen LogP contribution in [0.15, 0.2) is 28.7 Å². The van der Waals surface area contributed by atoms with Gasteiger partial charge < -0.3 is 23.9 Å². The van der Waals surface area contributed by atoms with Crippen molar-refractivity contribution in [1.82, 2.24) is 0 Å². The first-order chi connectivity index (χ1) is 11.5. The van der Waals surface area contributed by atoms with E-state index >= 15 is 0 Å². The SMILES string of the molecule is COc1cc(NC(=O)c2ccc(NC(C)=O)o2)cc(OC)c1OC. The number of anilines is 2. The van der Waals surface area contributed by atoms with E-state index in [4.69, 9.17) is 18.6 Å². The van der Waals surface area contributed by atoms with Crippen LogP contribution in [0, 0.1) is 0 Å². The molecule has 0 aliphatic carbocycles. The number of nitrogens with one attached hydrogen (secondary N) is 2. The minimum Gasteiger partial charge on any atom is -0.493 e. The molecule has 0 saturated carbocycles. The monoisotopic (exact) mass is 334 g/mol. The number of rotatable bonds is 6. The molecule has 1 aromatic carbocycles. The van der Waals surface area contributed by atoms with Crippen LogP contribution in [0.5, 0.6) is 17.2 Å². The molecule has 2 rings (SSSR count). The molecule has 2 N–H and O–H groups in total. The van der Waals surface area contributed by atoms with Crippen LogP contribution in [0.4, 0.5) is 11.6 Å². The van der Waals surface area contributed by atoms with E-state index in [1.165, 1.54) is 40.4 Å². The molecule has 24 heavy (non-hydrogen) atoms. The standard InChI is InChI=1S/C16H18N2O6/c1-9(19)17-14-6-5-11(24-14)16(20)18-10-7-12(21-2)15(23-4)13(8-10)22-3/h5-8H,1-4H3,(H,17,19)(H,18,20). The molecule has 1 aromatic heterocycles. The van der Waals surface area contributed by atoms with E-state index in [1.807, 2.05) is 0 Å². The maximum atomic E-state index is 12.2. The van der Waals surface area contributed by atoms with Gasteiger partial charge in [-0.25, -0.2) is 0 Å². The van der Waals surface area contributed by atoms with Crippen molar-refractivity contribution in [1.29, 1.82) is 0 Å². The third kappa shape index (κ3) is 3.78. The molecule has 0 fully saturated rings. The van der Waals surface area contributed by atoms with E-state index in [2.05, 4.69) is 10.6 Å². The van der Waals surface area contributed by atoms with E-state index in [-0.39, 0.29) is 17.6 Å². The van der Waals surface area contributed by atoms with Gasteiger partial charge in [0, 0.05) is 30.8 Å². The molecule has 8 heteroatoms. The van der Waals surface area contributed by atoms with Gasteiger partial charge in [-0.1, -0.05) is 0 Å². The molecule has 1 heterocycles. The van der Waals surface area contributed by atoms with Gasteiger partial charge in [-0.05, 0) is 6.07 Å². The number of carbonyl (C=O) groups excluding carboxylic acids is 2. The fourth-order valence-electron chi connectivity index (χ4n) is 2.05. The summed E-state index contributed by atoms with van der Waals surface area (Å²) < 4.78 is 20.9. The van der Waals surface area contributed by atoms with Crippen LogP contribution in [-0.2, 0) is 4.79 Å². The van der Waals surface area contributed by atoms with Crippen LogP contribution in [0.25, 0.3) is 0 Å². The minimum absolute atomic E-state index is 0.0486. The van der Waals surface area contributed by atoms with E-state index in [0.29, 0.717) is 22.9 Å². The lowest BCUT2D eigenvalue weighted by Gasteiger charge is -2.14. The lowest BCUT2D eigenvalue weighted by molar-refractivity contribution is -0.114. The van der Waals surface area contributed by atoms with Crippen LogP contribution in [0.2, 0.25) is 0 Å². The number of hydrogen-bond acceptors (Lipinski definition) is 6. The van der Waals surface area contributed by atoms with E-state index in [1.54, 1.807) is 12.1 Å². The number of furan rings is 1. The zero-order chi connectivity index (χ0) is 17.7. The zero-order valence-corrected chi connectivity index (χ0v) is 13.8. The minimum atomic E-state index is -0.485. The molecule has 0 atom stereocenters. The van der Waals surface area contributed by atoms with Crippen molar-refractivity contribution in [2.24, 2.45) is 0 Å². The Morgan fingerprint density at radius 3 is 2.08 bits per heavy atom. The van der Waals surface area contributed by atoms with Crippen LogP contribution >= 0.6 is 0 Å². The molecular formula is C16H18N2O6. The second-order valence-electron chi connectivity index (χ2n) is 4.71. The second kappa shape index (κ2) is 7.40. The highest BCUT2D eigenvalue weighted by Crippen LogP contribution is 2.40. The predicted octanol–water partition coefficient (Wildman–Crippen LogP) is 2.52. The highest BCUT2D eigenvalue weighted by molar-refractivity contribution is 6.03. The smallest absolute Gasteiger partial charge is 0.291 e. The van der Waals surface area contributed by atoms with Gasteiger partial charge in [-0.3, -0.25) is 14.9 Å². The Morgan fingerprint density at radius 2 is 1.58 bits per heavy atom. The van der Waals surface area contributed by atoms with Gasteiger partial charge in [0.1, 0.15) is 0 Å². The van der Waals surface area contributed by atoms with Crippen molar-refractivity contribution in [3.8, 4) is 17.2 Å². The molecule has 0 radical (unpaired) electrons. The first kappa shape index (κ1) is 17.2. The summed E-state index contributed by atoms with van der Waals surface area (Å²) in [5, 5.41) is 5.12. The summed E-state index contributed by atoms with van der Waals surface area (Å²) in [4.78, 5) is 23.2. The molecule has 0 aliphatic heterocycles. The number of amides is 2. The highest BCUT2D eigenvalue weighted by atomic mass is 16.5. The van der Waals surface area contributed by atoms with Crippen molar-refractivity contribution in [3.63, 3.8) is 0 Å². The summed E-state index contributed by atoms with van der Waals surface area (Å²) in [7, 11) is 4.45. The van der Waals surface area contributed by atoms with Gasteiger partial charge in [-0.2, -0.15) is 0 Å². The number of benzene rings is 1. The maximum Gasteiger partial charge on any atom is 0.291 e. The summed E-state index contributed by atoms with van der Waals surface area (Å²) in [6.07, 6.45) is 0. The first-order valence-electron chi connectivity index (χ1n) is 6.97. The summed E-state index contributed by atoms with van der Waals surface area (Å²) in [5.74, 6) is 0.701. The van der Waals surface area contributed by atoms with E-state index in [0.717, 1.165) is 0 Å². The topological polar surface area (TPSA) is 99.0 Å². The van der Waals surface area contributed by atoms with E-state index in [9.17, 15) is 9.59 Å². The molecular weight excluding hydrogens is 316 g/mol. The Bertz CT molecular complexity index is 728. The molecule has 0 aliphatic rings. The van der Waals surface area contributed by atoms with Gasteiger partial charge in [0.2, 0.25) is 11.7 Å². The molecule has 0 bridgehead atoms. The third-order valence-corrected chi connectivity index (χ3v) is 3.05. The quantitative estimate of drug-likeness (QED) is 0.842. The van der Waals surface area contributed by atoms with Gasteiger partial charge in [0.25, 0.3) is 5.91 Å². The third-order valence-electron chi connectivity index (χ3n) is 3.05. The molecule has 0 spiro atoms. The van der Waals surface area contributed by atoms with Crippen LogP contribution < -0.4 is 24.8 Å². The van der Waals surface area contributed by atoms with Crippen molar-refractivity contribution in [2.75, 3.05) is 32.0 Å². The van der Waals surface area contributed by atoms with Crippen LogP contribution in [0.3, 0.4) is 0 Å². The lowest BCUT2D eigenvalue weighted by atomic mass is 10.2. The van der Waals surface area contributed by atoms with Gasteiger partial charge in [0.05, 0.1) is 21.3 Å². The molecule has 2 amide bonds. The van der Waals surface area contributed by atoms with Crippen LogP contribution in [-0.4, -0.2) is 33.1 Å². The molecule has 2 aromatic rings. The maximum absolute atomic E-state index is 12.2. The van der Waals surface area contributed by atoms with Crippen LogP contribution in [0.1, 0.15) is 17.5 Å². The normalized spacial score (nSPS) is 10.0. The number of ether oxygens (including phenoxy) is 3.